The fourth-order valence-electron chi connectivity index (χ4n) is 4.10. The van der Waals surface area contributed by atoms with Crippen LogP contribution in [0.1, 0.15) is 65.3 Å². The van der Waals surface area contributed by atoms with E-state index in [4.69, 9.17) is 9.26 Å². The molecule has 1 aromatic heterocycles. The first-order valence-electron chi connectivity index (χ1n) is 10.0. The summed E-state index contributed by atoms with van der Waals surface area (Å²) in [7, 11) is 1.63. The van der Waals surface area contributed by atoms with Gasteiger partial charge in [0.1, 0.15) is 11.8 Å². The molecule has 0 N–H and O–H groups in total. The van der Waals surface area contributed by atoms with Crippen molar-refractivity contribution in [2.24, 2.45) is 11.3 Å². The van der Waals surface area contributed by atoms with E-state index in [1.807, 2.05) is 29.2 Å². The lowest BCUT2D eigenvalue weighted by Gasteiger charge is -2.26. The van der Waals surface area contributed by atoms with Gasteiger partial charge in [0, 0.05) is 18.5 Å². The second-order valence-electron chi connectivity index (χ2n) is 9.01. The molecule has 0 aliphatic carbocycles. The first-order chi connectivity index (χ1) is 13.3. The quantitative estimate of drug-likeness (QED) is 0.709. The number of benzene rings is 1. The average Bonchev–Trinajstić information content (AvgIpc) is 3.29. The average molecular weight is 386 g/mol. The SMILES string of the molecule is COc1cccc(-c2noc([C@H]3CCCN3C(=O)C[C@H](C)CC(C)(C)C)n2)c1. The van der Waals surface area contributed by atoms with Crippen molar-refractivity contribution < 1.29 is 14.1 Å². The zero-order chi connectivity index (χ0) is 20.3. The van der Waals surface area contributed by atoms with Gasteiger partial charge in [-0.1, -0.05) is 45.0 Å². The van der Waals surface area contributed by atoms with Crippen LogP contribution in [0.15, 0.2) is 28.8 Å². The maximum Gasteiger partial charge on any atom is 0.249 e. The van der Waals surface area contributed by atoms with Crippen molar-refractivity contribution in [1.29, 1.82) is 0 Å². The highest BCUT2D eigenvalue weighted by Crippen LogP contribution is 2.34. The molecule has 1 amide bonds. The van der Waals surface area contributed by atoms with E-state index < -0.39 is 0 Å². The number of likely N-dealkylation sites (tertiary alicyclic amines) is 1. The molecule has 1 fully saturated rings. The van der Waals surface area contributed by atoms with Crippen LogP contribution in [0, 0.1) is 11.3 Å². The number of hydrogen-bond acceptors (Lipinski definition) is 5. The van der Waals surface area contributed by atoms with Crippen LogP contribution >= 0.6 is 0 Å². The van der Waals surface area contributed by atoms with Crippen LogP contribution in [0.25, 0.3) is 11.4 Å². The summed E-state index contributed by atoms with van der Waals surface area (Å²) in [5.74, 6) is 2.32. The summed E-state index contributed by atoms with van der Waals surface area (Å²) in [5.41, 5.74) is 1.06. The van der Waals surface area contributed by atoms with Gasteiger partial charge in [-0.25, -0.2) is 0 Å². The number of ether oxygens (including phenoxy) is 1. The molecule has 1 aromatic carbocycles. The normalized spacial score (nSPS) is 18.3. The molecule has 2 aromatic rings. The smallest absolute Gasteiger partial charge is 0.249 e. The molecule has 6 heteroatoms. The van der Waals surface area contributed by atoms with Crippen LogP contribution < -0.4 is 4.74 Å². The van der Waals surface area contributed by atoms with E-state index in [1.54, 1.807) is 7.11 Å². The third-order valence-corrected chi connectivity index (χ3v) is 5.11. The Hall–Kier alpha value is -2.37. The summed E-state index contributed by atoms with van der Waals surface area (Å²) >= 11 is 0. The van der Waals surface area contributed by atoms with Crippen molar-refractivity contribution >= 4 is 5.91 Å². The van der Waals surface area contributed by atoms with Crippen molar-refractivity contribution in [3.05, 3.63) is 30.2 Å². The third-order valence-electron chi connectivity index (χ3n) is 5.11. The minimum Gasteiger partial charge on any atom is -0.497 e. The van der Waals surface area contributed by atoms with Crippen LogP contribution in [0.2, 0.25) is 0 Å². The summed E-state index contributed by atoms with van der Waals surface area (Å²) in [6, 6.07) is 7.44. The summed E-state index contributed by atoms with van der Waals surface area (Å²) in [6.07, 6.45) is 3.41. The molecule has 3 rings (SSSR count). The van der Waals surface area contributed by atoms with E-state index in [0.717, 1.165) is 37.1 Å². The maximum absolute atomic E-state index is 12.9. The predicted octanol–water partition coefficient (Wildman–Crippen LogP) is 4.87. The van der Waals surface area contributed by atoms with Crippen LogP contribution in [0.4, 0.5) is 0 Å². The highest BCUT2D eigenvalue weighted by Gasteiger charge is 2.34. The van der Waals surface area contributed by atoms with E-state index >= 15 is 0 Å². The highest BCUT2D eigenvalue weighted by molar-refractivity contribution is 5.77. The molecule has 6 nitrogen and oxygen atoms in total. The van der Waals surface area contributed by atoms with Crippen molar-refractivity contribution in [3.8, 4) is 17.1 Å². The Balaban J connectivity index is 1.71. The summed E-state index contributed by atoms with van der Waals surface area (Å²) < 4.78 is 10.8. The second-order valence-corrected chi connectivity index (χ2v) is 9.01. The Labute approximate surface area is 167 Å². The zero-order valence-electron chi connectivity index (χ0n) is 17.6. The van der Waals surface area contributed by atoms with Gasteiger partial charge in [-0.2, -0.15) is 4.98 Å². The largest absolute Gasteiger partial charge is 0.497 e. The number of hydrogen-bond donors (Lipinski definition) is 0. The number of rotatable bonds is 6. The lowest BCUT2D eigenvalue weighted by atomic mass is 9.84. The Kier molecular flexibility index (Phi) is 6.06. The van der Waals surface area contributed by atoms with Crippen LogP contribution in [-0.2, 0) is 4.79 Å². The molecule has 1 aliphatic heterocycles. The molecule has 0 saturated carbocycles. The number of carbonyl (C=O) groups excluding carboxylic acids is 1. The maximum atomic E-state index is 12.9. The molecular formula is C22H31N3O3. The standard InChI is InChI=1S/C22H31N3O3/c1-15(14-22(2,3)4)12-19(26)25-11-7-10-18(25)21-23-20(24-28-21)16-8-6-9-17(13-16)27-5/h6,8-9,13,15,18H,7,10-12,14H2,1-5H3/t15-,18+/m0/s1. The van der Waals surface area contributed by atoms with Gasteiger partial charge < -0.3 is 14.2 Å². The number of aromatic nitrogens is 2. The van der Waals surface area contributed by atoms with Gasteiger partial charge in [0.25, 0.3) is 0 Å². The highest BCUT2D eigenvalue weighted by atomic mass is 16.5. The molecule has 0 spiro atoms. The first kappa shape index (κ1) is 20.4. The molecule has 0 bridgehead atoms. The molecule has 2 atom stereocenters. The van der Waals surface area contributed by atoms with Crippen LogP contribution in [-0.4, -0.2) is 34.6 Å². The van der Waals surface area contributed by atoms with Crippen molar-refractivity contribution in [2.45, 2.75) is 59.4 Å². The van der Waals surface area contributed by atoms with Gasteiger partial charge in [-0.05, 0) is 42.7 Å². The topological polar surface area (TPSA) is 68.5 Å². The summed E-state index contributed by atoms with van der Waals surface area (Å²) in [5, 5.41) is 4.13. The fourth-order valence-corrected chi connectivity index (χ4v) is 4.10. The van der Waals surface area contributed by atoms with Gasteiger partial charge in [0.15, 0.2) is 0 Å². The van der Waals surface area contributed by atoms with Gasteiger partial charge in [-0.3, -0.25) is 4.79 Å². The molecular weight excluding hydrogens is 354 g/mol. The second kappa shape index (κ2) is 8.33. The molecule has 1 saturated heterocycles. The van der Waals surface area contributed by atoms with Crippen LogP contribution in [0.5, 0.6) is 5.75 Å². The minimum absolute atomic E-state index is 0.124. The Morgan fingerprint density at radius 1 is 1.39 bits per heavy atom. The van der Waals surface area contributed by atoms with E-state index in [1.165, 1.54) is 0 Å². The number of methoxy groups -OCH3 is 1. The summed E-state index contributed by atoms with van der Waals surface area (Å²) in [6.45, 7) is 9.55. The van der Waals surface area contributed by atoms with E-state index in [-0.39, 0.29) is 17.4 Å². The Bertz CT molecular complexity index is 809. The van der Waals surface area contributed by atoms with E-state index in [9.17, 15) is 4.79 Å². The molecule has 0 radical (unpaired) electrons. The molecule has 2 heterocycles. The van der Waals surface area contributed by atoms with Crippen molar-refractivity contribution in [2.75, 3.05) is 13.7 Å². The predicted molar refractivity (Wildman–Crippen MR) is 108 cm³/mol. The molecule has 0 unspecified atom stereocenters. The van der Waals surface area contributed by atoms with Gasteiger partial charge in [0.05, 0.1) is 7.11 Å². The Morgan fingerprint density at radius 3 is 2.89 bits per heavy atom. The molecule has 1 aliphatic rings. The van der Waals surface area contributed by atoms with Crippen molar-refractivity contribution in [3.63, 3.8) is 0 Å². The molecule has 152 valence electrons. The third kappa shape index (κ3) is 4.91. The minimum atomic E-state index is -0.124. The first-order valence-corrected chi connectivity index (χ1v) is 10.0. The van der Waals surface area contributed by atoms with Gasteiger partial charge in [-0.15, -0.1) is 0 Å². The van der Waals surface area contributed by atoms with Gasteiger partial charge in [0.2, 0.25) is 17.6 Å². The fraction of sp³-hybridized carbons (Fsp3) is 0.591. The number of nitrogens with zero attached hydrogens (tertiary/aromatic N) is 3. The van der Waals surface area contributed by atoms with E-state index in [0.29, 0.717) is 24.1 Å². The monoisotopic (exact) mass is 385 g/mol. The summed E-state index contributed by atoms with van der Waals surface area (Å²) in [4.78, 5) is 19.4. The van der Waals surface area contributed by atoms with Crippen molar-refractivity contribution in [1.82, 2.24) is 15.0 Å². The number of amides is 1. The van der Waals surface area contributed by atoms with Crippen LogP contribution in [0.3, 0.4) is 0 Å². The lowest BCUT2D eigenvalue weighted by molar-refractivity contribution is -0.133. The van der Waals surface area contributed by atoms with Gasteiger partial charge >= 0.3 is 0 Å². The van der Waals surface area contributed by atoms with E-state index in [2.05, 4.69) is 37.8 Å². The zero-order valence-corrected chi connectivity index (χ0v) is 17.6. The molecule has 28 heavy (non-hydrogen) atoms. The Morgan fingerprint density at radius 2 is 2.18 bits per heavy atom. The number of carbonyl (C=O) groups is 1. The lowest BCUT2D eigenvalue weighted by Crippen LogP contribution is -2.32.